The molecule has 0 heterocycles. The number of alkyl halides is 3. The zero-order valence-electron chi connectivity index (χ0n) is 19.3. The first-order valence-electron chi connectivity index (χ1n) is 11.0. The molecule has 6 nitrogen and oxygen atoms in total. The van der Waals surface area contributed by atoms with Crippen LogP contribution in [0.4, 0.5) is 30.2 Å². The average molecular weight is 486 g/mol. The second-order valence-corrected chi connectivity index (χ2v) is 8.25. The molecule has 0 saturated carbocycles. The molecule has 0 radical (unpaired) electrons. The lowest BCUT2D eigenvalue weighted by atomic mass is 10.1. The van der Waals surface area contributed by atoms with E-state index in [1.807, 2.05) is 6.07 Å². The highest BCUT2D eigenvalue weighted by Gasteiger charge is 2.31. The van der Waals surface area contributed by atoms with Crippen molar-refractivity contribution in [1.82, 2.24) is 5.32 Å². The molecule has 0 aliphatic rings. The Balaban J connectivity index is 1.56. The predicted octanol–water partition coefficient (Wildman–Crippen LogP) is 6.36. The number of halogens is 3. The molecule has 0 aliphatic heterocycles. The maximum Gasteiger partial charge on any atom is 0.573 e. The molecule has 0 atom stereocenters. The summed E-state index contributed by atoms with van der Waals surface area (Å²) in [6, 6.07) is 18.7. The van der Waals surface area contributed by atoms with Crippen molar-refractivity contribution in [2.24, 2.45) is 5.92 Å². The number of anilines is 3. The van der Waals surface area contributed by atoms with Crippen molar-refractivity contribution in [1.29, 1.82) is 0 Å². The van der Waals surface area contributed by atoms with Crippen LogP contribution in [0.1, 0.15) is 41.0 Å². The minimum absolute atomic E-state index is 0.134. The van der Waals surface area contributed by atoms with Gasteiger partial charge in [-0.3, -0.25) is 9.59 Å². The fourth-order valence-electron chi connectivity index (χ4n) is 3.13. The summed E-state index contributed by atoms with van der Waals surface area (Å²) in [5.74, 6) is -0.498. The number of hydrogen-bond acceptors (Lipinski definition) is 4. The fourth-order valence-corrected chi connectivity index (χ4v) is 3.13. The molecule has 3 rings (SSSR count). The quantitative estimate of drug-likeness (QED) is 0.330. The number of hydrogen-bond donors (Lipinski definition) is 3. The van der Waals surface area contributed by atoms with Crippen LogP contribution in [-0.4, -0.2) is 24.7 Å². The Labute approximate surface area is 201 Å². The lowest BCUT2D eigenvalue weighted by Gasteiger charge is -2.11. The minimum atomic E-state index is -4.79. The molecule has 3 aromatic carbocycles. The molecule has 9 heteroatoms. The Morgan fingerprint density at radius 3 is 2.11 bits per heavy atom. The average Bonchev–Trinajstić information content (AvgIpc) is 2.79. The molecule has 3 N–H and O–H groups in total. The Morgan fingerprint density at radius 1 is 0.829 bits per heavy atom. The van der Waals surface area contributed by atoms with Gasteiger partial charge in [0.1, 0.15) is 5.75 Å². The maximum atomic E-state index is 12.4. The predicted molar refractivity (Wildman–Crippen MR) is 129 cm³/mol. The number of carbonyl (C=O) groups excluding carboxylic acids is 2. The number of rotatable bonds is 9. The molecule has 35 heavy (non-hydrogen) atoms. The monoisotopic (exact) mass is 485 g/mol. The third kappa shape index (κ3) is 8.37. The van der Waals surface area contributed by atoms with Crippen LogP contribution in [0.5, 0.6) is 5.75 Å². The highest BCUT2D eigenvalue weighted by molar-refractivity contribution is 6.04. The van der Waals surface area contributed by atoms with Crippen LogP contribution in [0.15, 0.2) is 72.8 Å². The van der Waals surface area contributed by atoms with Crippen LogP contribution in [0, 0.1) is 5.92 Å². The highest BCUT2D eigenvalue weighted by atomic mass is 19.4. The normalized spacial score (nSPS) is 11.1. The summed E-state index contributed by atoms with van der Waals surface area (Å²) < 4.78 is 40.6. The SMILES string of the molecule is CC(C)CCNC(=O)c1cccc(Nc2ccc(NC(=O)c3ccc(OC(F)(F)F)cc3)cc2)c1. The molecular formula is C26H26F3N3O3. The van der Waals surface area contributed by atoms with E-state index in [1.165, 1.54) is 12.1 Å². The Morgan fingerprint density at radius 2 is 1.49 bits per heavy atom. The maximum absolute atomic E-state index is 12.4. The van der Waals surface area contributed by atoms with Gasteiger partial charge in [0.2, 0.25) is 0 Å². The molecule has 0 fully saturated rings. The zero-order chi connectivity index (χ0) is 25.4. The molecule has 0 saturated heterocycles. The van der Waals surface area contributed by atoms with Gasteiger partial charge in [-0.1, -0.05) is 19.9 Å². The van der Waals surface area contributed by atoms with Gasteiger partial charge in [0.05, 0.1) is 0 Å². The first-order valence-corrected chi connectivity index (χ1v) is 11.0. The summed E-state index contributed by atoms with van der Waals surface area (Å²) in [5, 5.41) is 8.81. The van der Waals surface area contributed by atoms with Crippen LogP contribution in [0.2, 0.25) is 0 Å². The van der Waals surface area contributed by atoms with Gasteiger partial charge in [-0.25, -0.2) is 0 Å². The third-order valence-electron chi connectivity index (χ3n) is 4.91. The van der Waals surface area contributed by atoms with Gasteiger partial charge in [0, 0.05) is 34.7 Å². The van der Waals surface area contributed by atoms with Gasteiger partial charge in [0.25, 0.3) is 11.8 Å². The van der Waals surface area contributed by atoms with Crippen LogP contribution in [-0.2, 0) is 0 Å². The van der Waals surface area contributed by atoms with E-state index in [-0.39, 0.29) is 11.5 Å². The number of ether oxygens (including phenoxy) is 1. The number of amides is 2. The molecular weight excluding hydrogens is 459 g/mol. The van der Waals surface area contributed by atoms with E-state index < -0.39 is 18.0 Å². The van der Waals surface area contributed by atoms with Crippen molar-refractivity contribution in [2.75, 3.05) is 17.2 Å². The van der Waals surface area contributed by atoms with Gasteiger partial charge < -0.3 is 20.7 Å². The van der Waals surface area contributed by atoms with E-state index in [1.54, 1.807) is 42.5 Å². The summed E-state index contributed by atoms with van der Waals surface area (Å²) in [5.41, 5.74) is 2.72. The summed E-state index contributed by atoms with van der Waals surface area (Å²) in [6.07, 6.45) is -3.88. The van der Waals surface area contributed by atoms with Gasteiger partial charge in [-0.15, -0.1) is 13.2 Å². The zero-order valence-corrected chi connectivity index (χ0v) is 19.3. The Bertz CT molecular complexity index is 1140. The highest BCUT2D eigenvalue weighted by Crippen LogP contribution is 2.24. The second-order valence-electron chi connectivity index (χ2n) is 8.25. The summed E-state index contributed by atoms with van der Waals surface area (Å²) in [7, 11) is 0. The molecule has 2 amide bonds. The van der Waals surface area contributed by atoms with Gasteiger partial charge in [-0.2, -0.15) is 0 Å². The van der Waals surface area contributed by atoms with Gasteiger partial charge >= 0.3 is 6.36 Å². The third-order valence-corrected chi connectivity index (χ3v) is 4.91. The van der Waals surface area contributed by atoms with Crippen molar-refractivity contribution < 1.29 is 27.5 Å². The Hall–Kier alpha value is -4.01. The summed E-state index contributed by atoms with van der Waals surface area (Å²) >= 11 is 0. The largest absolute Gasteiger partial charge is 0.573 e. The van der Waals surface area contributed by atoms with E-state index in [0.717, 1.165) is 29.9 Å². The molecule has 3 aromatic rings. The van der Waals surface area contributed by atoms with E-state index in [9.17, 15) is 22.8 Å². The summed E-state index contributed by atoms with van der Waals surface area (Å²) in [6.45, 7) is 4.82. The van der Waals surface area contributed by atoms with E-state index in [0.29, 0.717) is 23.7 Å². The molecule has 0 spiro atoms. The molecule has 0 unspecified atom stereocenters. The van der Waals surface area contributed by atoms with Crippen LogP contribution in [0.25, 0.3) is 0 Å². The van der Waals surface area contributed by atoms with Crippen molar-refractivity contribution in [3.63, 3.8) is 0 Å². The fraction of sp³-hybridized carbons (Fsp3) is 0.231. The van der Waals surface area contributed by atoms with Crippen LogP contribution < -0.4 is 20.7 Å². The molecule has 0 bridgehead atoms. The van der Waals surface area contributed by atoms with Gasteiger partial charge in [0.15, 0.2) is 0 Å². The van der Waals surface area contributed by atoms with Crippen molar-refractivity contribution in [2.45, 2.75) is 26.6 Å². The number of carbonyl (C=O) groups is 2. The standard InChI is InChI=1S/C26H26F3N3O3/c1-17(2)14-15-30-24(33)19-4-3-5-22(16-19)31-20-8-10-21(11-9-20)32-25(34)18-6-12-23(13-7-18)35-26(27,28)29/h3-13,16-17,31H,14-15H2,1-2H3,(H,30,33)(H,32,34). The second kappa shape index (κ2) is 11.4. The first-order chi connectivity index (χ1) is 16.6. The van der Waals surface area contributed by atoms with Crippen molar-refractivity contribution >= 4 is 28.9 Å². The number of nitrogens with one attached hydrogen (secondary N) is 3. The molecule has 0 aliphatic carbocycles. The lowest BCUT2D eigenvalue weighted by Crippen LogP contribution is -2.25. The van der Waals surface area contributed by atoms with E-state index >= 15 is 0 Å². The first kappa shape index (κ1) is 25.6. The van der Waals surface area contributed by atoms with E-state index in [2.05, 4.69) is 34.5 Å². The van der Waals surface area contributed by atoms with Crippen molar-refractivity contribution in [3.05, 3.63) is 83.9 Å². The molecule has 0 aromatic heterocycles. The lowest BCUT2D eigenvalue weighted by molar-refractivity contribution is -0.274. The number of benzene rings is 3. The Kier molecular flexibility index (Phi) is 8.35. The minimum Gasteiger partial charge on any atom is -0.406 e. The smallest absolute Gasteiger partial charge is 0.406 e. The van der Waals surface area contributed by atoms with Gasteiger partial charge in [-0.05, 0) is 79.1 Å². The van der Waals surface area contributed by atoms with E-state index in [4.69, 9.17) is 0 Å². The van der Waals surface area contributed by atoms with Crippen LogP contribution in [0.3, 0.4) is 0 Å². The topological polar surface area (TPSA) is 79.5 Å². The summed E-state index contributed by atoms with van der Waals surface area (Å²) in [4.78, 5) is 24.7. The van der Waals surface area contributed by atoms with Crippen molar-refractivity contribution in [3.8, 4) is 5.75 Å². The van der Waals surface area contributed by atoms with Crippen LogP contribution >= 0.6 is 0 Å². The molecule has 184 valence electrons.